The number of hydrogen-bond acceptors (Lipinski definition) is 0. The molecule has 0 unspecified atom stereocenters. The maximum atomic E-state index is 5.96. The van der Waals surface area contributed by atoms with Gasteiger partial charge in [-0.15, -0.1) is 0 Å². The summed E-state index contributed by atoms with van der Waals surface area (Å²) in [5.74, 6) is 0. The van der Waals surface area contributed by atoms with Crippen molar-refractivity contribution in [3.8, 4) is 0 Å². The van der Waals surface area contributed by atoms with Crippen LogP contribution in [0.1, 0.15) is 11.1 Å². The van der Waals surface area contributed by atoms with E-state index in [1.54, 1.807) is 0 Å². The minimum absolute atomic E-state index is 0.749. The summed E-state index contributed by atoms with van der Waals surface area (Å²) in [6.45, 7) is 1.92. The molecule has 0 aromatic heterocycles. The van der Waals surface area contributed by atoms with Crippen molar-refractivity contribution in [2.45, 2.75) is 13.3 Å². The van der Waals surface area contributed by atoms with Gasteiger partial charge in [0.1, 0.15) is 0 Å². The molecule has 0 atom stereocenters. The molecule has 0 spiro atoms. The highest BCUT2D eigenvalue weighted by Crippen LogP contribution is 2.25. The Morgan fingerprint density at radius 1 is 1.25 bits per heavy atom. The molecule has 0 aliphatic rings. The number of benzene rings is 1. The predicted molar refractivity (Wildman–Crippen MR) is 58.7 cm³/mol. The van der Waals surface area contributed by atoms with Crippen molar-refractivity contribution in [1.29, 1.82) is 0 Å². The normalized spacial score (nSPS) is 10.3. The number of aryl methyl sites for hydroxylation is 1. The summed E-state index contributed by atoms with van der Waals surface area (Å²) in [5.41, 5.74) is 2.13. The molecular formula is C9H9BrCl2. The third-order valence-electron chi connectivity index (χ3n) is 1.72. The second-order valence-electron chi connectivity index (χ2n) is 2.62. The third-order valence-corrected chi connectivity index (χ3v) is 2.91. The minimum atomic E-state index is 0.749. The van der Waals surface area contributed by atoms with E-state index in [2.05, 4.69) is 15.9 Å². The number of hydrogen-bond donors (Lipinski definition) is 0. The van der Waals surface area contributed by atoms with Gasteiger partial charge in [-0.1, -0.05) is 39.1 Å². The first-order valence-corrected chi connectivity index (χ1v) is 5.53. The van der Waals surface area contributed by atoms with Gasteiger partial charge in [-0.3, -0.25) is 0 Å². The van der Waals surface area contributed by atoms with Gasteiger partial charge in [0.05, 0.1) is 0 Å². The van der Waals surface area contributed by atoms with Gasteiger partial charge in [0.2, 0.25) is 0 Å². The Bertz CT molecular complexity index is 261. The van der Waals surface area contributed by atoms with E-state index >= 15 is 0 Å². The lowest BCUT2D eigenvalue weighted by Crippen LogP contribution is -1.88. The van der Waals surface area contributed by atoms with Crippen molar-refractivity contribution in [2.24, 2.45) is 0 Å². The predicted octanol–water partition coefficient (Wildman–Crippen LogP) is 4.24. The third kappa shape index (κ3) is 2.38. The smallest absolute Gasteiger partial charge is 0.0452 e. The zero-order chi connectivity index (χ0) is 9.14. The monoisotopic (exact) mass is 266 g/mol. The molecule has 0 aliphatic heterocycles. The lowest BCUT2D eigenvalue weighted by molar-refractivity contribution is 1.16. The van der Waals surface area contributed by atoms with Crippen molar-refractivity contribution >= 4 is 39.1 Å². The Morgan fingerprint density at radius 3 is 2.17 bits per heavy atom. The van der Waals surface area contributed by atoms with E-state index in [-0.39, 0.29) is 0 Å². The average molecular weight is 268 g/mol. The fraction of sp³-hybridized carbons (Fsp3) is 0.333. The zero-order valence-electron chi connectivity index (χ0n) is 6.70. The fourth-order valence-electron chi connectivity index (χ4n) is 0.951. The number of halogens is 3. The van der Waals surface area contributed by atoms with Crippen LogP contribution in [-0.4, -0.2) is 5.33 Å². The quantitative estimate of drug-likeness (QED) is 0.704. The van der Waals surface area contributed by atoms with E-state index < -0.39 is 0 Å². The van der Waals surface area contributed by atoms with Crippen LogP contribution in [0.15, 0.2) is 12.1 Å². The summed E-state index contributed by atoms with van der Waals surface area (Å²) in [4.78, 5) is 0. The number of rotatable bonds is 2. The summed E-state index contributed by atoms with van der Waals surface area (Å²) in [6, 6.07) is 3.92. The van der Waals surface area contributed by atoms with Crippen LogP contribution in [0.4, 0.5) is 0 Å². The zero-order valence-corrected chi connectivity index (χ0v) is 9.80. The van der Waals surface area contributed by atoms with Crippen LogP contribution in [0.2, 0.25) is 10.0 Å². The van der Waals surface area contributed by atoms with Gasteiger partial charge in [-0.05, 0) is 36.6 Å². The lowest BCUT2D eigenvalue weighted by Gasteiger charge is -2.04. The second kappa shape index (κ2) is 4.50. The average Bonchev–Trinajstić information content (AvgIpc) is 2.01. The molecule has 0 N–H and O–H groups in total. The molecule has 12 heavy (non-hydrogen) atoms. The fourth-order valence-corrected chi connectivity index (χ4v) is 1.94. The van der Waals surface area contributed by atoms with Gasteiger partial charge in [-0.25, -0.2) is 0 Å². The van der Waals surface area contributed by atoms with Gasteiger partial charge < -0.3 is 0 Å². The van der Waals surface area contributed by atoms with Gasteiger partial charge in [0.25, 0.3) is 0 Å². The van der Waals surface area contributed by atoms with Crippen LogP contribution in [-0.2, 0) is 6.42 Å². The first kappa shape index (κ1) is 10.4. The molecule has 0 nitrogen and oxygen atoms in total. The van der Waals surface area contributed by atoms with Gasteiger partial charge in [0.15, 0.2) is 0 Å². The molecule has 3 heteroatoms. The van der Waals surface area contributed by atoms with Gasteiger partial charge in [-0.2, -0.15) is 0 Å². The minimum Gasteiger partial charge on any atom is -0.0924 e. The van der Waals surface area contributed by atoms with E-state index in [1.165, 1.54) is 5.56 Å². The van der Waals surface area contributed by atoms with Gasteiger partial charge in [0, 0.05) is 15.4 Å². The van der Waals surface area contributed by atoms with Crippen molar-refractivity contribution in [3.63, 3.8) is 0 Å². The van der Waals surface area contributed by atoms with Crippen molar-refractivity contribution < 1.29 is 0 Å². The van der Waals surface area contributed by atoms with E-state index in [0.717, 1.165) is 27.4 Å². The summed E-state index contributed by atoms with van der Waals surface area (Å²) in [5, 5.41) is 2.43. The van der Waals surface area contributed by atoms with Crippen LogP contribution in [0.3, 0.4) is 0 Å². The number of alkyl halides is 1. The van der Waals surface area contributed by atoms with E-state index in [0.29, 0.717) is 0 Å². The Balaban J connectivity index is 3.04. The van der Waals surface area contributed by atoms with Crippen molar-refractivity contribution in [2.75, 3.05) is 5.33 Å². The SMILES string of the molecule is Cc1c(Cl)cc(CCBr)cc1Cl. The highest BCUT2D eigenvalue weighted by Gasteiger charge is 2.02. The molecule has 0 fully saturated rings. The molecule has 1 aromatic rings. The van der Waals surface area contributed by atoms with Crippen molar-refractivity contribution in [3.05, 3.63) is 33.3 Å². The van der Waals surface area contributed by atoms with Crippen molar-refractivity contribution in [1.82, 2.24) is 0 Å². The first-order valence-electron chi connectivity index (χ1n) is 3.65. The first-order chi connectivity index (χ1) is 5.65. The van der Waals surface area contributed by atoms with Crippen LogP contribution in [0.5, 0.6) is 0 Å². The molecule has 0 saturated carbocycles. The maximum Gasteiger partial charge on any atom is 0.0452 e. The summed E-state index contributed by atoms with van der Waals surface area (Å²) >= 11 is 15.3. The Morgan fingerprint density at radius 2 is 1.75 bits per heavy atom. The van der Waals surface area contributed by atoms with Crippen LogP contribution in [0, 0.1) is 6.92 Å². The highest BCUT2D eigenvalue weighted by molar-refractivity contribution is 9.09. The highest BCUT2D eigenvalue weighted by atomic mass is 79.9. The van der Waals surface area contributed by atoms with E-state index in [4.69, 9.17) is 23.2 Å². The molecular weight excluding hydrogens is 259 g/mol. The topological polar surface area (TPSA) is 0 Å². The van der Waals surface area contributed by atoms with E-state index in [1.807, 2.05) is 19.1 Å². The molecule has 1 aromatic carbocycles. The Kier molecular flexibility index (Phi) is 3.88. The summed E-state index contributed by atoms with van der Waals surface area (Å²) in [6.07, 6.45) is 0.958. The lowest BCUT2D eigenvalue weighted by atomic mass is 10.1. The maximum absolute atomic E-state index is 5.96. The van der Waals surface area contributed by atoms with Crippen LogP contribution >= 0.6 is 39.1 Å². The molecule has 0 heterocycles. The van der Waals surface area contributed by atoms with Crippen LogP contribution < -0.4 is 0 Å². The van der Waals surface area contributed by atoms with Gasteiger partial charge >= 0.3 is 0 Å². The Hall–Kier alpha value is 0.280. The van der Waals surface area contributed by atoms with Crippen LogP contribution in [0.25, 0.3) is 0 Å². The second-order valence-corrected chi connectivity index (χ2v) is 4.23. The largest absolute Gasteiger partial charge is 0.0924 e. The molecule has 0 radical (unpaired) electrons. The summed E-state index contributed by atoms with van der Waals surface area (Å²) in [7, 11) is 0. The van der Waals surface area contributed by atoms with E-state index in [9.17, 15) is 0 Å². The molecule has 0 saturated heterocycles. The Labute approximate surface area is 91.0 Å². The molecule has 0 aliphatic carbocycles. The standard InChI is InChI=1S/C9H9BrCl2/c1-6-8(11)4-7(2-3-10)5-9(6)12/h4-5H,2-3H2,1H3. The summed E-state index contributed by atoms with van der Waals surface area (Å²) < 4.78 is 0. The molecule has 1 rings (SSSR count). The molecule has 0 bridgehead atoms. The molecule has 66 valence electrons. The molecule has 0 amide bonds.